The second-order valence-corrected chi connectivity index (χ2v) is 19.2. The highest BCUT2D eigenvalue weighted by Gasteiger charge is 2.50. The molecule has 1 aliphatic heterocycles. The van der Waals surface area contributed by atoms with Gasteiger partial charge in [0.1, 0.15) is 18.8 Å². The van der Waals surface area contributed by atoms with Crippen LogP contribution in [0.4, 0.5) is 0 Å². The molecule has 1 aliphatic rings. The van der Waals surface area contributed by atoms with Crippen LogP contribution in [0.5, 0.6) is 0 Å². The van der Waals surface area contributed by atoms with E-state index in [9.17, 15) is 34.5 Å². The third-order valence-electron chi connectivity index (χ3n) is 12.3. The van der Waals surface area contributed by atoms with E-state index in [0.717, 1.165) is 116 Å². The first-order valence-corrected chi connectivity index (χ1v) is 28.9. The lowest BCUT2D eigenvalue weighted by Gasteiger charge is -2.40. The number of hydrogen-bond acceptors (Lipinski definition) is 11. The van der Waals surface area contributed by atoms with Crippen molar-refractivity contribution in [3.63, 3.8) is 0 Å². The van der Waals surface area contributed by atoms with Gasteiger partial charge in [0.2, 0.25) is 0 Å². The van der Waals surface area contributed by atoms with Gasteiger partial charge in [0.25, 0.3) is 0 Å². The Hall–Kier alpha value is -4.62. The van der Waals surface area contributed by atoms with E-state index in [1.54, 1.807) is 6.08 Å². The molecule has 424 valence electrons. The first-order chi connectivity index (χ1) is 36.6. The first-order valence-electron chi connectivity index (χ1n) is 28.9. The summed E-state index contributed by atoms with van der Waals surface area (Å²) in [6, 6.07) is 0. The topological polar surface area (TPSA) is 175 Å². The Bertz CT molecular complexity index is 1720. The standard InChI is InChI=1S/C63H100O12/c1-4-7-10-13-16-19-22-25-28-31-34-37-40-43-46-49-55(64)71-52-54(73-56(65)50-47-44-41-38-35-32-29-26-23-20-17-14-11-8-5-2)53-72-63-61(59(68)58(67)60(75-63)62(69)70)74-57(66)51-48-45-42-39-36-33-30-27-24-21-18-15-12-9-6-3/h7-8,10-11,16-17,19-20,25-30,34,37,43,46,54,58-61,63,67-68H,4-6,9,12-15,18,21-24,31-33,35-36,38-42,44-45,47-53H2,1-3H3,(H,69,70)/b10-7-,11-8-,19-16-,20-17-,28-25-,29-26-,30-27-,37-34-,46-43-. The molecule has 0 saturated carbocycles. The SMILES string of the molecule is CC/C=C\C/C=C\C/C=C\C/C=C\C/C=C\CC(=O)OCC(COC1OC(C(=O)O)C(O)C(O)C1OC(=O)CCCCCCC/C=C\CCCCCCCC)OC(=O)CCCCCCC/C=C\C/C=C\C/C=C\CC. The number of esters is 3. The predicted octanol–water partition coefficient (Wildman–Crippen LogP) is 14.7. The summed E-state index contributed by atoms with van der Waals surface area (Å²) in [6.07, 6.45) is 55.1. The van der Waals surface area contributed by atoms with E-state index >= 15 is 0 Å². The Balaban J connectivity index is 2.78. The molecule has 0 radical (unpaired) electrons. The van der Waals surface area contributed by atoms with E-state index in [2.05, 4.69) is 112 Å². The van der Waals surface area contributed by atoms with Crippen molar-refractivity contribution in [2.24, 2.45) is 0 Å². The first kappa shape index (κ1) is 68.4. The van der Waals surface area contributed by atoms with Gasteiger partial charge in [0, 0.05) is 12.8 Å². The monoisotopic (exact) mass is 1050 g/mol. The number of carbonyl (C=O) groups is 4. The Morgan fingerprint density at radius 3 is 1.36 bits per heavy atom. The molecule has 12 heteroatoms. The van der Waals surface area contributed by atoms with Gasteiger partial charge in [-0.1, -0.05) is 201 Å². The molecular weight excluding hydrogens is 949 g/mol. The van der Waals surface area contributed by atoms with Crippen LogP contribution >= 0.6 is 0 Å². The number of ether oxygens (including phenoxy) is 5. The molecule has 6 atom stereocenters. The van der Waals surface area contributed by atoms with Crippen molar-refractivity contribution in [1.29, 1.82) is 0 Å². The molecule has 0 aliphatic carbocycles. The summed E-state index contributed by atoms with van der Waals surface area (Å²) in [4.78, 5) is 51.0. The van der Waals surface area contributed by atoms with E-state index in [1.165, 1.54) is 38.5 Å². The number of rotatable bonds is 47. The fourth-order valence-electron chi connectivity index (χ4n) is 7.98. The third-order valence-corrected chi connectivity index (χ3v) is 12.3. The quantitative estimate of drug-likeness (QED) is 0.0228. The fraction of sp³-hybridized carbons (Fsp3) is 0.651. The maximum Gasteiger partial charge on any atom is 0.335 e. The van der Waals surface area contributed by atoms with Gasteiger partial charge in [-0.25, -0.2) is 4.79 Å². The highest BCUT2D eigenvalue weighted by Crippen LogP contribution is 2.26. The van der Waals surface area contributed by atoms with Gasteiger partial charge in [-0.2, -0.15) is 0 Å². The van der Waals surface area contributed by atoms with Crippen molar-refractivity contribution in [3.8, 4) is 0 Å². The second-order valence-electron chi connectivity index (χ2n) is 19.2. The lowest BCUT2D eigenvalue weighted by molar-refractivity contribution is -0.301. The number of carboxylic acids is 1. The number of aliphatic hydroxyl groups excluding tert-OH is 2. The summed E-state index contributed by atoms with van der Waals surface area (Å²) in [6.45, 7) is 5.64. The van der Waals surface area contributed by atoms with Crippen LogP contribution in [0.15, 0.2) is 109 Å². The molecule has 0 aromatic rings. The highest BCUT2D eigenvalue weighted by molar-refractivity contribution is 5.74. The van der Waals surface area contributed by atoms with E-state index in [-0.39, 0.29) is 25.9 Å². The minimum atomic E-state index is -1.92. The molecule has 0 aromatic heterocycles. The van der Waals surface area contributed by atoms with Gasteiger partial charge in [0.15, 0.2) is 24.6 Å². The van der Waals surface area contributed by atoms with E-state index < -0.39 is 67.3 Å². The molecule has 1 heterocycles. The summed E-state index contributed by atoms with van der Waals surface area (Å²) in [5, 5.41) is 31.5. The molecule has 75 heavy (non-hydrogen) atoms. The van der Waals surface area contributed by atoms with Gasteiger partial charge in [-0.15, -0.1) is 0 Å². The molecule has 0 amide bonds. The van der Waals surface area contributed by atoms with E-state index in [4.69, 9.17) is 23.7 Å². The summed E-state index contributed by atoms with van der Waals surface area (Å²) >= 11 is 0. The zero-order valence-corrected chi connectivity index (χ0v) is 46.5. The lowest BCUT2D eigenvalue weighted by atomic mass is 9.98. The lowest BCUT2D eigenvalue weighted by Crippen LogP contribution is -2.61. The average molecular weight is 1050 g/mol. The van der Waals surface area contributed by atoms with Crippen LogP contribution < -0.4 is 0 Å². The van der Waals surface area contributed by atoms with Crippen molar-refractivity contribution < 1.29 is 58.2 Å². The minimum absolute atomic E-state index is 0.0241. The molecular formula is C63H100O12. The summed E-state index contributed by atoms with van der Waals surface area (Å²) in [7, 11) is 0. The number of hydrogen-bond donors (Lipinski definition) is 3. The number of unbranched alkanes of at least 4 members (excludes halogenated alkanes) is 16. The number of carbonyl (C=O) groups excluding carboxylic acids is 3. The van der Waals surface area contributed by atoms with Crippen LogP contribution in [0.25, 0.3) is 0 Å². The summed E-state index contributed by atoms with van der Waals surface area (Å²) < 4.78 is 28.2. The molecule has 1 fully saturated rings. The molecule has 1 rings (SSSR count). The van der Waals surface area contributed by atoms with Crippen LogP contribution in [0.1, 0.15) is 213 Å². The predicted molar refractivity (Wildman–Crippen MR) is 303 cm³/mol. The van der Waals surface area contributed by atoms with Gasteiger partial charge in [0.05, 0.1) is 13.0 Å². The van der Waals surface area contributed by atoms with Crippen molar-refractivity contribution in [3.05, 3.63) is 109 Å². The van der Waals surface area contributed by atoms with Gasteiger partial charge in [-0.05, 0) is 103 Å². The van der Waals surface area contributed by atoms with Crippen molar-refractivity contribution in [2.45, 2.75) is 250 Å². The Kier molecular flexibility index (Phi) is 45.8. The largest absolute Gasteiger partial charge is 0.479 e. The zero-order chi connectivity index (χ0) is 54.7. The van der Waals surface area contributed by atoms with Crippen LogP contribution in [-0.2, 0) is 42.9 Å². The maximum atomic E-state index is 13.1. The van der Waals surface area contributed by atoms with E-state index in [0.29, 0.717) is 19.3 Å². The molecule has 1 saturated heterocycles. The van der Waals surface area contributed by atoms with Gasteiger partial charge in [-0.3, -0.25) is 14.4 Å². The van der Waals surface area contributed by atoms with Crippen LogP contribution in [0.3, 0.4) is 0 Å². The number of aliphatic hydroxyl groups is 2. The number of allylic oxidation sites excluding steroid dienone is 17. The third kappa shape index (κ3) is 40.3. The fourth-order valence-corrected chi connectivity index (χ4v) is 7.98. The molecule has 0 bridgehead atoms. The zero-order valence-electron chi connectivity index (χ0n) is 46.5. The Labute approximate surface area is 453 Å². The second kappa shape index (κ2) is 50.2. The van der Waals surface area contributed by atoms with Crippen LogP contribution in [-0.4, -0.2) is 89.2 Å². The van der Waals surface area contributed by atoms with Gasteiger partial charge < -0.3 is 39.0 Å². The van der Waals surface area contributed by atoms with Crippen molar-refractivity contribution >= 4 is 23.9 Å². The minimum Gasteiger partial charge on any atom is -0.479 e. The van der Waals surface area contributed by atoms with Gasteiger partial charge >= 0.3 is 23.9 Å². The van der Waals surface area contributed by atoms with Crippen molar-refractivity contribution in [1.82, 2.24) is 0 Å². The summed E-state index contributed by atoms with van der Waals surface area (Å²) in [5.41, 5.74) is 0. The highest BCUT2D eigenvalue weighted by atomic mass is 16.7. The van der Waals surface area contributed by atoms with Crippen LogP contribution in [0, 0.1) is 0 Å². The summed E-state index contributed by atoms with van der Waals surface area (Å²) in [5.74, 6) is -3.33. The Morgan fingerprint density at radius 2 is 0.880 bits per heavy atom. The van der Waals surface area contributed by atoms with E-state index in [1.807, 2.05) is 12.2 Å². The number of aliphatic carboxylic acids is 1. The van der Waals surface area contributed by atoms with Crippen molar-refractivity contribution in [2.75, 3.05) is 13.2 Å². The normalized spacial score (nSPS) is 19.0. The molecule has 3 N–H and O–H groups in total. The molecule has 0 aromatic carbocycles. The average Bonchev–Trinajstić information content (AvgIpc) is 3.39. The molecule has 0 spiro atoms. The smallest absolute Gasteiger partial charge is 0.335 e. The Morgan fingerprint density at radius 1 is 0.467 bits per heavy atom. The molecule has 6 unspecified atom stereocenters. The maximum absolute atomic E-state index is 13.1. The van der Waals surface area contributed by atoms with Crippen LogP contribution in [0.2, 0.25) is 0 Å². The number of carboxylic acid groups (broad SMARTS) is 1. The molecule has 12 nitrogen and oxygen atoms in total.